The molecule has 1 aliphatic rings. The molecule has 1 aromatic heterocycles. The first kappa shape index (κ1) is 12.3. The maximum atomic E-state index is 12.3. The van der Waals surface area contributed by atoms with Crippen LogP contribution in [0.4, 0.5) is 0 Å². The Labute approximate surface area is 103 Å². The normalized spacial score (nSPS) is 19.9. The lowest BCUT2D eigenvalue weighted by Gasteiger charge is -2.31. The number of piperazine rings is 1. The van der Waals surface area contributed by atoms with E-state index in [1.165, 1.54) is 4.90 Å². The van der Waals surface area contributed by atoms with Crippen LogP contribution in [0.15, 0.2) is 4.52 Å². The Bertz CT molecular complexity index is 515. The van der Waals surface area contributed by atoms with Crippen LogP contribution in [0.2, 0.25) is 0 Å². The fourth-order valence-corrected chi connectivity index (χ4v) is 1.89. The van der Waals surface area contributed by atoms with E-state index in [1.807, 2.05) is 0 Å². The Kier molecular flexibility index (Phi) is 2.90. The topological polar surface area (TPSA) is 92.5 Å². The Balaban J connectivity index is 2.33. The Morgan fingerprint density at radius 1 is 1.44 bits per heavy atom. The van der Waals surface area contributed by atoms with E-state index in [0.29, 0.717) is 17.0 Å². The number of carbonyl (C=O) groups is 3. The number of imide groups is 1. The molecule has 1 aromatic rings. The Morgan fingerprint density at radius 2 is 2.11 bits per heavy atom. The van der Waals surface area contributed by atoms with Gasteiger partial charge in [0.25, 0.3) is 5.91 Å². The average Bonchev–Trinajstić information content (AvgIpc) is 2.63. The van der Waals surface area contributed by atoms with Crippen molar-refractivity contribution in [1.82, 2.24) is 15.4 Å². The standard InChI is InChI=1S/C11H13N3O4/c1-5-9(7(3)18-13-5)11(17)14-4-8(15)12-10(16)6(14)2/h6H,4H2,1-3H3,(H,12,15,16). The van der Waals surface area contributed by atoms with E-state index >= 15 is 0 Å². The third-order valence-electron chi connectivity index (χ3n) is 2.93. The van der Waals surface area contributed by atoms with Crippen molar-refractivity contribution in [1.29, 1.82) is 0 Å². The van der Waals surface area contributed by atoms with Crippen molar-refractivity contribution in [2.75, 3.05) is 6.54 Å². The minimum Gasteiger partial charge on any atom is -0.361 e. The lowest BCUT2D eigenvalue weighted by Crippen LogP contribution is -2.58. The number of carbonyl (C=O) groups excluding carboxylic acids is 3. The van der Waals surface area contributed by atoms with Gasteiger partial charge in [0.05, 0.1) is 5.69 Å². The summed E-state index contributed by atoms with van der Waals surface area (Å²) < 4.78 is 4.91. The maximum absolute atomic E-state index is 12.3. The molecule has 1 atom stereocenters. The molecule has 0 saturated carbocycles. The monoisotopic (exact) mass is 251 g/mol. The van der Waals surface area contributed by atoms with Crippen LogP contribution in [0.5, 0.6) is 0 Å². The van der Waals surface area contributed by atoms with Gasteiger partial charge in [-0.15, -0.1) is 0 Å². The molecule has 1 saturated heterocycles. The van der Waals surface area contributed by atoms with Gasteiger partial charge in [0.15, 0.2) is 0 Å². The number of aryl methyl sites for hydroxylation is 2. The van der Waals surface area contributed by atoms with E-state index in [-0.39, 0.29) is 6.54 Å². The van der Waals surface area contributed by atoms with Gasteiger partial charge in [0.1, 0.15) is 23.9 Å². The summed E-state index contributed by atoms with van der Waals surface area (Å²) in [7, 11) is 0. The molecule has 96 valence electrons. The fraction of sp³-hybridized carbons (Fsp3) is 0.455. The molecule has 7 heteroatoms. The summed E-state index contributed by atoms with van der Waals surface area (Å²) in [6.07, 6.45) is 0. The number of nitrogens with one attached hydrogen (secondary N) is 1. The smallest absolute Gasteiger partial charge is 0.260 e. The molecule has 0 spiro atoms. The van der Waals surface area contributed by atoms with Crippen molar-refractivity contribution < 1.29 is 18.9 Å². The first-order chi connectivity index (χ1) is 8.41. The second-order valence-corrected chi connectivity index (χ2v) is 4.22. The predicted molar refractivity (Wildman–Crippen MR) is 59.6 cm³/mol. The second kappa shape index (κ2) is 4.25. The minimum atomic E-state index is -0.691. The highest BCUT2D eigenvalue weighted by atomic mass is 16.5. The van der Waals surface area contributed by atoms with Crippen molar-refractivity contribution in [3.63, 3.8) is 0 Å². The zero-order valence-corrected chi connectivity index (χ0v) is 10.3. The zero-order chi connectivity index (χ0) is 13.4. The highest BCUT2D eigenvalue weighted by molar-refractivity contribution is 6.07. The van der Waals surface area contributed by atoms with Gasteiger partial charge in [-0.05, 0) is 20.8 Å². The molecule has 0 aromatic carbocycles. The van der Waals surface area contributed by atoms with Gasteiger partial charge in [-0.3, -0.25) is 19.7 Å². The molecule has 3 amide bonds. The average molecular weight is 251 g/mol. The lowest BCUT2D eigenvalue weighted by molar-refractivity contribution is -0.138. The Morgan fingerprint density at radius 3 is 2.67 bits per heavy atom. The van der Waals surface area contributed by atoms with Crippen LogP contribution in [-0.4, -0.2) is 40.4 Å². The summed E-state index contributed by atoms with van der Waals surface area (Å²) in [4.78, 5) is 36.3. The molecule has 0 bridgehead atoms. The molecule has 2 heterocycles. The van der Waals surface area contributed by atoms with Crippen LogP contribution in [0, 0.1) is 13.8 Å². The van der Waals surface area contributed by atoms with E-state index in [9.17, 15) is 14.4 Å². The maximum Gasteiger partial charge on any atom is 0.260 e. The molecule has 18 heavy (non-hydrogen) atoms. The van der Waals surface area contributed by atoms with E-state index < -0.39 is 23.8 Å². The predicted octanol–water partition coefficient (Wildman–Crippen LogP) is -0.221. The van der Waals surface area contributed by atoms with E-state index in [4.69, 9.17) is 4.52 Å². The third-order valence-corrected chi connectivity index (χ3v) is 2.93. The third kappa shape index (κ3) is 1.87. The van der Waals surface area contributed by atoms with Gasteiger partial charge in [-0.25, -0.2) is 0 Å². The lowest BCUT2D eigenvalue weighted by atomic mass is 10.1. The fourth-order valence-electron chi connectivity index (χ4n) is 1.89. The molecule has 0 radical (unpaired) electrons. The van der Waals surface area contributed by atoms with Crippen molar-refractivity contribution in [2.45, 2.75) is 26.8 Å². The quantitative estimate of drug-likeness (QED) is 0.696. The molecule has 0 aliphatic carbocycles. The molecule has 1 fully saturated rings. The van der Waals surface area contributed by atoms with E-state index in [2.05, 4.69) is 10.5 Å². The van der Waals surface area contributed by atoms with Crippen LogP contribution in [0.3, 0.4) is 0 Å². The van der Waals surface area contributed by atoms with Crippen LogP contribution >= 0.6 is 0 Å². The van der Waals surface area contributed by atoms with Gasteiger partial charge in [-0.1, -0.05) is 5.16 Å². The number of hydrogen-bond acceptors (Lipinski definition) is 5. The molecule has 1 unspecified atom stereocenters. The highest BCUT2D eigenvalue weighted by Crippen LogP contribution is 2.17. The van der Waals surface area contributed by atoms with E-state index in [0.717, 1.165) is 0 Å². The molecular formula is C11H13N3O4. The van der Waals surface area contributed by atoms with Crippen molar-refractivity contribution in [2.24, 2.45) is 0 Å². The van der Waals surface area contributed by atoms with Gasteiger partial charge in [-0.2, -0.15) is 0 Å². The number of amides is 3. The number of nitrogens with zero attached hydrogens (tertiary/aromatic N) is 2. The summed E-state index contributed by atoms with van der Waals surface area (Å²) in [5, 5.41) is 5.86. The van der Waals surface area contributed by atoms with Gasteiger partial charge in [0, 0.05) is 0 Å². The summed E-state index contributed by atoms with van der Waals surface area (Å²) in [6, 6.07) is -0.691. The second-order valence-electron chi connectivity index (χ2n) is 4.22. The molecule has 2 rings (SSSR count). The van der Waals surface area contributed by atoms with Crippen molar-refractivity contribution in [3.8, 4) is 0 Å². The van der Waals surface area contributed by atoms with Crippen LogP contribution in [-0.2, 0) is 9.59 Å². The summed E-state index contributed by atoms with van der Waals surface area (Å²) >= 11 is 0. The first-order valence-electron chi connectivity index (χ1n) is 5.49. The largest absolute Gasteiger partial charge is 0.361 e. The van der Waals surface area contributed by atoms with Crippen molar-refractivity contribution >= 4 is 17.7 Å². The highest BCUT2D eigenvalue weighted by Gasteiger charge is 2.35. The van der Waals surface area contributed by atoms with Gasteiger partial charge >= 0.3 is 0 Å². The van der Waals surface area contributed by atoms with Crippen LogP contribution < -0.4 is 5.32 Å². The van der Waals surface area contributed by atoms with Crippen LogP contribution in [0.25, 0.3) is 0 Å². The van der Waals surface area contributed by atoms with Gasteiger partial charge < -0.3 is 9.42 Å². The summed E-state index contributed by atoms with van der Waals surface area (Å²) in [6.45, 7) is 4.68. The summed E-state index contributed by atoms with van der Waals surface area (Å²) in [5.41, 5.74) is 0.757. The zero-order valence-electron chi connectivity index (χ0n) is 10.3. The first-order valence-corrected chi connectivity index (χ1v) is 5.49. The molecule has 1 N–H and O–H groups in total. The molecule has 1 aliphatic heterocycles. The van der Waals surface area contributed by atoms with Crippen molar-refractivity contribution in [3.05, 3.63) is 17.0 Å². The Hall–Kier alpha value is -2.18. The van der Waals surface area contributed by atoms with Gasteiger partial charge in [0.2, 0.25) is 11.8 Å². The minimum absolute atomic E-state index is 0.143. The SMILES string of the molecule is Cc1noc(C)c1C(=O)N1CC(=O)NC(=O)C1C. The van der Waals surface area contributed by atoms with Crippen LogP contribution in [0.1, 0.15) is 28.7 Å². The number of rotatable bonds is 1. The van der Waals surface area contributed by atoms with E-state index in [1.54, 1.807) is 20.8 Å². The molecular weight excluding hydrogens is 238 g/mol. The summed E-state index contributed by atoms with van der Waals surface area (Å²) in [5.74, 6) is -1.00. The number of aromatic nitrogens is 1. The number of hydrogen-bond donors (Lipinski definition) is 1. The molecule has 7 nitrogen and oxygen atoms in total.